The lowest BCUT2D eigenvalue weighted by Gasteiger charge is -2.13. The van der Waals surface area contributed by atoms with Crippen LogP contribution in [0.25, 0.3) is 10.1 Å². The quantitative estimate of drug-likeness (QED) is 0.690. The largest absolute Gasteiger partial charge is 0.368 e. The van der Waals surface area contributed by atoms with Crippen LogP contribution in [0.4, 0.5) is 11.8 Å². The minimum Gasteiger partial charge on any atom is -0.368 e. The van der Waals surface area contributed by atoms with Crippen molar-refractivity contribution in [2.45, 2.75) is 19.4 Å². The third-order valence-corrected chi connectivity index (χ3v) is 5.08. The maximum absolute atomic E-state index is 5.88. The van der Waals surface area contributed by atoms with Crippen LogP contribution in [-0.4, -0.2) is 23.1 Å². The van der Waals surface area contributed by atoms with Gasteiger partial charge in [-0.15, -0.1) is 11.3 Å². The van der Waals surface area contributed by atoms with E-state index in [0.29, 0.717) is 5.95 Å². The van der Waals surface area contributed by atoms with E-state index in [4.69, 9.17) is 5.73 Å². The molecule has 0 radical (unpaired) electrons. The molecule has 23 heavy (non-hydrogen) atoms. The van der Waals surface area contributed by atoms with Gasteiger partial charge >= 0.3 is 0 Å². The number of fused-ring (bicyclic) bond motifs is 2. The zero-order valence-electron chi connectivity index (χ0n) is 12.8. The average Bonchev–Trinajstić information content (AvgIpc) is 2.89. The van der Waals surface area contributed by atoms with Gasteiger partial charge in [-0.1, -0.05) is 6.07 Å². The van der Waals surface area contributed by atoms with Crippen LogP contribution in [0.5, 0.6) is 0 Å². The summed E-state index contributed by atoms with van der Waals surface area (Å²) in [6.07, 6.45) is 1.83. The second-order valence-corrected chi connectivity index (χ2v) is 6.70. The summed E-state index contributed by atoms with van der Waals surface area (Å²) < 4.78 is 1.32. The maximum atomic E-state index is 5.88. The number of aromatic nitrogens is 2. The molecule has 0 saturated heterocycles. The van der Waals surface area contributed by atoms with Crippen molar-refractivity contribution in [3.8, 4) is 0 Å². The Labute approximate surface area is 139 Å². The number of hydrogen-bond acceptors (Lipinski definition) is 6. The van der Waals surface area contributed by atoms with E-state index in [-0.39, 0.29) is 0 Å². The Morgan fingerprint density at radius 1 is 1.17 bits per heavy atom. The highest BCUT2D eigenvalue weighted by Crippen LogP contribution is 2.24. The van der Waals surface area contributed by atoms with E-state index in [2.05, 4.69) is 50.2 Å². The Balaban J connectivity index is 1.59. The predicted octanol–water partition coefficient (Wildman–Crippen LogP) is 2.57. The Morgan fingerprint density at radius 3 is 3.04 bits per heavy atom. The number of nitrogens with one attached hydrogen (secondary N) is 2. The summed E-state index contributed by atoms with van der Waals surface area (Å²) in [5.74, 6) is 1.23. The number of rotatable bonds is 3. The Morgan fingerprint density at radius 2 is 2.09 bits per heavy atom. The Bertz CT molecular complexity index is 842. The number of benzene rings is 1. The van der Waals surface area contributed by atoms with Gasteiger partial charge in [-0.2, -0.15) is 4.98 Å². The van der Waals surface area contributed by atoms with Crippen LogP contribution < -0.4 is 16.4 Å². The van der Waals surface area contributed by atoms with Crippen LogP contribution in [0.1, 0.15) is 16.8 Å². The standard InChI is InChI=1S/C17H19N5S/c18-17-21-14-4-7-19-6-3-13(14)16(22-17)20-10-11-1-2-15-12(9-11)5-8-23-15/h1-2,5,8-9,19H,3-4,6-7,10H2,(H3,18,20,21,22). The zero-order valence-corrected chi connectivity index (χ0v) is 13.6. The highest BCUT2D eigenvalue weighted by Gasteiger charge is 2.15. The van der Waals surface area contributed by atoms with E-state index < -0.39 is 0 Å². The van der Waals surface area contributed by atoms with Gasteiger partial charge in [-0.25, -0.2) is 4.98 Å². The number of nitrogens with zero attached hydrogens (tertiary/aromatic N) is 2. The van der Waals surface area contributed by atoms with E-state index in [0.717, 1.165) is 44.0 Å². The van der Waals surface area contributed by atoms with E-state index in [9.17, 15) is 0 Å². The molecule has 4 rings (SSSR count). The second kappa shape index (κ2) is 6.14. The molecule has 1 aliphatic rings. The smallest absolute Gasteiger partial charge is 0.222 e. The number of hydrogen-bond donors (Lipinski definition) is 3. The molecule has 4 N–H and O–H groups in total. The van der Waals surface area contributed by atoms with Gasteiger partial charge in [-0.3, -0.25) is 0 Å². The van der Waals surface area contributed by atoms with E-state index in [1.165, 1.54) is 21.2 Å². The molecule has 6 heteroatoms. The average molecular weight is 325 g/mol. The van der Waals surface area contributed by atoms with Crippen molar-refractivity contribution >= 4 is 33.2 Å². The zero-order chi connectivity index (χ0) is 15.6. The fourth-order valence-corrected chi connectivity index (χ4v) is 3.79. The van der Waals surface area contributed by atoms with Crippen LogP contribution in [0.2, 0.25) is 0 Å². The maximum Gasteiger partial charge on any atom is 0.222 e. The molecule has 0 unspecified atom stereocenters. The number of nitrogen functional groups attached to an aromatic ring is 1. The van der Waals surface area contributed by atoms with Gasteiger partial charge in [0.25, 0.3) is 0 Å². The molecule has 0 saturated carbocycles. The first kappa shape index (κ1) is 14.4. The molecule has 0 spiro atoms. The Hall–Kier alpha value is -2.18. The van der Waals surface area contributed by atoms with Crippen molar-refractivity contribution in [1.82, 2.24) is 15.3 Å². The van der Waals surface area contributed by atoms with Gasteiger partial charge in [0, 0.05) is 29.8 Å². The summed E-state index contributed by atoms with van der Waals surface area (Å²) in [5, 5.41) is 10.3. The first-order chi connectivity index (χ1) is 11.3. The third-order valence-electron chi connectivity index (χ3n) is 4.18. The highest BCUT2D eigenvalue weighted by atomic mass is 32.1. The molecule has 3 aromatic rings. The van der Waals surface area contributed by atoms with Crippen molar-refractivity contribution in [1.29, 1.82) is 0 Å². The molecule has 1 aliphatic heterocycles. The van der Waals surface area contributed by atoms with Crippen molar-refractivity contribution in [3.63, 3.8) is 0 Å². The third kappa shape index (κ3) is 3.00. The fourth-order valence-electron chi connectivity index (χ4n) is 3.02. The molecule has 0 atom stereocenters. The van der Waals surface area contributed by atoms with Crippen LogP contribution >= 0.6 is 11.3 Å². The molecule has 0 amide bonds. The molecule has 5 nitrogen and oxygen atoms in total. The first-order valence-corrected chi connectivity index (χ1v) is 8.73. The van der Waals surface area contributed by atoms with Gasteiger partial charge in [0.15, 0.2) is 0 Å². The number of thiophene rings is 1. The molecule has 1 aromatic carbocycles. The normalized spacial score (nSPS) is 14.4. The summed E-state index contributed by atoms with van der Waals surface area (Å²) in [5.41, 5.74) is 9.39. The van der Waals surface area contributed by atoms with Crippen molar-refractivity contribution in [2.24, 2.45) is 0 Å². The molecule has 0 bridgehead atoms. The van der Waals surface area contributed by atoms with E-state index in [1.807, 2.05) is 0 Å². The van der Waals surface area contributed by atoms with Crippen molar-refractivity contribution in [2.75, 3.05) is 24.1 Å². The Kier molecular flexibility index (Phi) is 3.85. The number of anilines is 2. The van der Waals surface area contributed by atoms with Gasteiger partial charge in [0.1, 0.15) is 5.82 Å². The van der Waals surface area contributed by atoms with E-state index >= 15 is 0 Å². The summed E-state index contributed by atoms with van der Waals surface area (Å²) in [6, 6.07) is 8.72. The second-order valence-electron chi connectivity index (χ2n) is 5.75. The molecular formula is C17H19N5S. The molecule has 0 fully saturated rings. The molecule has 0 aliphatic carbocycles. The summed E-state index contributed by atoms with van der Waals surface area (Å²) >= 11 is 1.77. The van der Waals surface area contributed by atoms with E-state index in [1.54, 1.807) is 11.3 Å². The molecule has 2 aromatic heterocycles. The van der Waals surface area contributed by atoms with Crippen LogP contribution in [-0.2, 0) is 19.4 Å². The molecule has 118 valence electrons. The lowest BCUT2D eigenvalue weighted by molar-refractivity contribution is 0.708. The monoisotopic (exact) mass is 325 g/mol. The fraction of sp³-hybridized carbons (Fsp3) is 0.294. The van der Waals surface area contributed by atoms with Gasteiger partial charge < -0.3 is 16.4 Å². The molecular weight excluding hydrogens is 306 g/mol. The van der Waals surface area contributed by atoms with Crippen LogP contribution in [0.3, 0.4) is 0 Å². The summed E-state index contributed by atoms with van der Waals surface area (Å²) in [4.78, 5) is 8.84. The van der Waals surface area contributed by atoms with Gasteiger partial charge in [0.2, 0.25) is 5.95 Å². The highest BCUT2D eigenvalue weighted by molar-refractivity contribution is 7.17. The number of nitrogens with two attached hydrogens (primary N) is 1. The first-order valence-electron chi connectivity index (χ1n) is 7.85. The lowest BCUT2D eigenvalue weighted by Crippen LogP contribution is -2.16. The van der Waals surface area contributed by atoms with Gasteiger partial charge in [-0.05, 0) is 47.5 Å². The van der Waals surface area contributed by atoms with Crippen molar-refractivity contribution < 1.29 is 0 Å². The molecule has 3 heterocycles. The minimum absolute atomic E-state index is 0.349. The summed E-state index contributed by atoms with van der Waals surface area (Å²) in [6.45, 7) is 2.63. The minimum atomic E-state index is 0.349. The summed E-state index contributed by atoms with van der Waals surface area (Å²) in [7, 11) is 0. The van der Waals surface area contributed by atoms with Crippen LogP contribution in [0.15, 0.2) is 29.6 Å². The van der Waals surface area contributed by atoms with Gasteiger partial charge in [0.05, 0.1) is 5.69 Å². The topological polar surface area (TPSA) is 75.9 Å². The van der Waals surface area contributed by atoms with Crippen LogP contribution in [0, 0.1) is 0 Å². The predicted molar refractivity (Wildman–Crippen MR) is 95.9 cm³/mol. The lowest BCUT2D eigenvalue weighted by atomic mass is 10.1. The van der Waals surface area contributed by atoms with Crippen molar-refractivity contribution in [3.05, 3.63) is 46.5 Å². The SMILES string of the molecule is Nc1nc2c(c(NCc3ccc4sccc4c3)n1)CCNCC2.